The van der Waals surface area contributed by atoms with Crippen molar-refractivity contribution in [2.75, 3.05) is 26.2 Å². The molecule has 100 valence electrons. The average molecular weight is 361 g/mol. The summed E-state index contributed by atoms with van der Waals surface area (Å²) in [5.74, 6) is 0.957. The van der Waals surface area contributed by atoms with Crippen LogP contribution in [-0.2, 0) is 0 Å². The van der Waals surface area contributed by atoms with Gasteiger partial charge in [-0.05, 0) is 66.6 Å². The molecule has 3 nitrogen and oxygen atoms in total. The third kappa shape index (κ3) is 4.74. The Morgan fingerprint density at radius 2 is 2.28 bits per heavy atom. The second-order valence-electron chi connectivity index (χ2n) is 4.76. The first-order valence-electron chi connectivity index (χ1n) is 6.53. The zero-order valence-electron chi connectivity index (χ0n) is 10.5. The molecule has 0 radical (unpaired) electrons. The zero-order valence-corrected chi connectivity index (χ0v) is 12.7. The zero-order chi connectivity index (χ0) is 12.8. The van der Waals surface area contributed by atoms with Gasteiger partial charge in [0.15, 0.2) is 0 Å². The van der Waals surface area contributed by atoms with Crippen molar-refractivity contribution in [2.24, 2.45) is 0 Å². The van der Waals surface area contributed by atoms with Crippen LogP contribution in [0.4, 0.5) is 0 Å². The predicted molar refractivity (Wildman–Crippen MR) is 81.0 cm³/mol. The molecule has 1 fully saturated rings. The summed E-state index contributed by atoms with van der Waals surface area (Å²) in [7, 11) is 0. The first-order valence-corrected chi connectivity index (χ1v) is 7.61. The smallest absolute Gasteiger partial charge is 0.120 e. The van der Waals surface area contributed by atoms with Crippen LogP contribution in [0.5, 0.6) is 5.75 Å². The molecule has 2 rings (SSSR count). The molecule has 0 amide bonds. The predicted octanol–water partition coefficient (Wildman–Crippen LogP) is 2.52. The van der Waals surface area contributed by atoms with Gasteiger partial charge in [-0.15, -0.1) is 0 Å². The van der Waals surface area contributed by atoms with Gasteiger partial charge < -0.3 is 14.7 Å². The molecule has 0 saturated carbocycles. The third-order valence-corrected chi connectivity index (χ3v) is 3.85. The molecule has 0 aromatic heterocycles. The van der Waals surface area contributed by atoms with Gasteiger partial charge in [0.2, 0.25) is 0 Å². The molecule has 0 bridgehead atoms. The molecule has 1 aromatic carbocycles. The van der Waals surface area contributed by atoms with Crippen LogP contribution in [0.25, 0.3) is 0 Å². The Bertz CT molecular complexity index is 373. The lowest BCUT2D eigenvalue weighted by Crippen LogP contribution is -2.23. The fraction of sp³-hybridized carbons (Fsp3) is 0.571. The van der Waals surface area contributed by atoms with Gasteiger partial charge in [-0.3, -0.25) is 0 Å². The molecule has 0 aliphatic carbocycles. The van der Waals surface area contributed by atoms with Gasteiger partial charge in [0.25, 0.3) is 0 Å². The summed E-state index contributed by atoms with van der Waals surface area (Å²) in [5.41, 5.74) is 0. The van der Waals surface area contributed by atoms with E-state index >= 15 is 0 Å². The summed E-state index contributed by atoms with van der Waals surface area (Å²) in [5, 5.41) is 9.41. The van der Waals surface area contributed by atoms with Crippen LogP contribution in [0.2, 0.25) is 0 Å². The summed E-state index contributed by atoms with van der Waals surface area (Å²) >= 11 is 2.29. The number of aliphatic hydroxyl groups excluding tert-OH is 1. The van der Waals surface area contributed by atoms with Crippen molar-refractivity contribution in [1.82, 2.24) is 4.90 Å². The number of aliphatic hydroxyl groups is 1. The van der Waals surface area contributed by atoms with E-state index in [1.54, 1.807) is 0 Å². The first kappa shape index (κ1) is 14.1. The van der Waals surface area contributed by atoms with E-state index in [-0.39, 0.29) is 6.10 Å². The quantitative estimate of drug-likeness (QED) is 0.624. The lowest BCUT2D eigenvalue weighted by molar-refractivity contribution is 0.175. The largest absolute Gasteiger partial charge is 0.494 e. The lowest BCUT2D eigenvalue weighted by Gasteiger charge is -2.14. The number of ether oxygens (including phenoxy) is 1. The maximum atomic E-state index is 9.41. The monoisotopic (exact) mass is 361 g/mol. The molecule has 18 heavy (non-hydrogen) atoms. The Balaban J connectivity index is 1.56. The molecule has 1 atom stereocenters. The van der Waals surface area contributed by atoms with Crippen molar-refractivity contribution >= 4 is 22.6 Å². The summed E-state index contributed by atoms with van der Waals surface area (Å²) in [4.78, 5) is 2.33. The van der Waals surface area contributed by atoms with Gasteiger partial charge in [0.05, 0.1) is 12.7 Å². The van der Waals surface area contributed by atoms with E-state index in [9.17, 15) is 5.11 Å². The molecular weight excluding hydrogens is 341 g/mol. The van der Waals surface area contributed by atoms with E-state index in [1.807, 2.05) is 12.1 Å². The molecule has 1 saturated heterocycles. The molecule has 1 unspecified atom stereocenters. The number of unbranched alkanes of at least 4 members (excludes halogenated alkanes) is 1. The Labute approximate surface area is 122 Å². The lowest BCUT2D eigenvalue weighted by atomic mass is 10.3. The highest BCUT2D eigenvalue weighted by Gasteiger charge is 2.18. The number of hydrogen-bond acceptors (Lipinski definition) is 3. The van der Waals surface area contributed by atoms with E-state index in [0.29, 0.717) is 0 Å². The average Bonchev–Trinajstić information content (AvgIpc) is 2.75. The van der Waals surface area contributed by atoms with Crippen molar-refractivity contribution in [1.29, 1.82) is 0 Å². The Kier molecular flexibility index (Phi) is 5.72. The maximum Gasteiger partial charge on any atom is 0.120 e. The van der Waals surface area contributed by atoms with Crippen LogP contribution in [-0.4, -0.2) is 42.4 Å². The summed E-state index contributed by atoms with van der Waals surface area (Å²) in [6.07, 6.45) is 3.03. The van der Waals surface area contributed by atoms with E-state index in [0.717, 1.165) is 51.3 Å². The van der Waals surface area contributed by atoms with Crippen LogP contribution >= 0.6 is 22.6 Å². The minimum atomic E-state index is -0.104. The second kappa shape index (κ2) is 7.31. The minimum Gasteiger partial charge on any atom is -0.494 e. The van der Waals surface area contributed by atoms with E-state index < -0.39 is 0 Å². The second-order valence-corrected chi connectivity index (χ2v) is 6.00. The molecule has 1 aromatic rings. The summed E-state index contributed by atoms with van der Waals surface area (Å²) in [6, 6.07) is 8.13. The van der Waals surface area contributed by atoms with Crippen LogP contribution in [0, 0.1) is 3.57 Å². The number of likely N-dealkylation sites (tertiary alicyclic amines) is 1. The van der Waals surface area contributed by atoms with Gasteiger partial charge >= 0.3 is 0 Å². The standard InChI is InChI=1S/C14H20INO2/c15-12-4-3-5-14(10-12)18-9-2-1-7-16-8-6-13(17)11-16/h3-5,10,13,17H,1-2,6-9,11H2. The van der Waals surface area contributed by atoms with Crippen molar-refractivity contribution < 1.29 is 9.84 Å². The number of benzene rings is 1. The van der Waals surface area contributed by atoms with E-state index in [4.69, 9.17) is 4.74 Å². The number of halogens is 1. The first-order chi connectivity index (χ1) is 8.74. The molecule has 1 aliphatic heterocycles. The van der Waals surface area contributed by atoms with Crippen molar-refractivity contribution in [3.63, 3.8) is 0 Å². The Morgan fingerprint density at radius 3 is 3.00 bits per heavy atom. The fourth-order valence-corrected chi connectivity index (χ4v) is 2.71. The van der Waals surface area contributed by atoms with Crippen LogP contribution in [0.15, 0.2) is 24.3 Å². The fourth-order valence-electron chi connectivity index (χ4n) is 2.20. The van der Waals surface area contributed by atoms with Crippen molar-refractivity contribution in [3.8, 4) is 5.75 Å². The summed E-state index contributed by atoms with van der Waals surface area (Å²) in [6.45, 7) is 3.74. The van der Waals surface area contributed by atoms with Crippen LogP contribution in [0.1, 0.15) is 19.3 Å². The molecule has 1 aliphatic rings. The van der Waals surface area contributed by atoms with Gasteiger partial charge in [-0.1, -0.05) is 6.07 Å². The Hall–Kier alpha value is -0.330. The molecule has 1 heterocycles. The molecule has 0 spiro atoms. The highest BCUT2D eigenvalue weighted by Crippen LogP contribution is 2.15. The van der Waals surface area contributed by atoms with E-state index in [1.165, 1.54) is 3.57 Å². The minimum absolute atomic E-state index is 0.104. The highest BCUT2D eigenvalue weighted by molar-refractivity contribution is 14.1. The highest BCUT2D eigenvalue weighted by atomic mass is 127. The summed E-state index contributed by atoms with van der Waals surface area (Å²) < 4.78 is 6.90. The van der Waals surface area contributed by atoms with Gasteiger partial charge in [0.1, 0.15) is 5.75 Å². The molecule has 1 N–H and O–H groups in total. The van der Waals surface area contributed by atoms with E-state index in [2.05, 4.69) is 39.6 Å². The van der Waals surface area contributed by atoms with Crippen molar-refractivity contribution in [3.05, 3.63) is 27.8 Å². The number of nitrogens with zero attached hydrogens (tertiary/aromatic N) is 1. The molecular formula is C14H20INO2. The van der Waals surface area contributed by atoms with Crippen LogP contribution in [0.3, 0.4) is 0 Å². The topological polar surface area (TPSA) is 32.7 Å². The van der Waals surface area contributed by atoms with Gasteiger partial charge in [-0.25, -0.2) is 0 Å². The maximum absolute atomic E-state index is 9.41. The number of rotatable bonds is 6. The number of β-amino-alcohol motifs (C(OH)–C–C–N with tert-alkyl or cyclic N) is 1. The van der Waals surface area contributed by atoms with Gasteiger partial charge in [0, 0.05) is 16.7 Å². The van der Waals surface area contributed by atoms with Crippen LogP contribution < -0.4 is 4.74 Å². The Morgan fingerprint density at radius 1 is 1.39 bits per heavy atom. The molecule has 4 heteroatoms. The van der Waals surface area contributed by atoms with Crippen molar-refractivity contribution in [2.45, 2.75) is 25.4 Å². The normalized spacial score (nSPS) is 20.2. The van der Waals surface area contributed by atoms with Gasteiger partial charge in [-0.2, -0.15) is 0 Å². The number of hydrogen-bond donors (Lipinski definition) is 1. The third-order valence-electron chi connectivity index (χ3n) is 3.18. The SMILES string of the molecule is OC1CCN(CCCCOc2cccc(I)c2)C1.